The zero-order chi connectivity index (χ0) is 33.6. The van der Waals surface area contributed by atoms with Crippen molar-refractivity contribution in [3.05, 3.63) is 144 Å². The number of amides is 1. The predicted octanol–water partition coefficient (Wildman–Crippen LogP) is 5.88. The molecular weight excluding hydrogens is 616 g/mol. The number of pyridine rings is 1. The Labute approximate surface area is 283 Å². The Bertz CT molecular complexity index is 2150. The minimum absolute atomic E-state index is 0.265. The second-order valence-electron chi connectivity index (χ2n) is 11.9. The van der Waals surface area contributed by atoms with Gasteiger partial charge in [0.05, 0.1) is 32.5 Å². The largest absolute Gasteiger partial charge is 0.497 e. The van der Waals surface area contributed by atoms with Crippen LogP contribution in [0.15, 0.2) is 110 Å². The van der Waals surface area contributed by atoms with Crippen LogP contribution in [0.3, 0.4) is 0 Å². The molecular formula is C38H38N8O3. The zero-order valence-electron chi connectivity index (χ0n) is 27.4. The maximum absolute atomic E-state index is 13.7. The van der Waals surface area contributed by atoms with Gasteiger partial charge in [0.25, 0.3) is 5.91 Å². The molecule has 0 aliphatic carbocycles. The quantitative estimate of drug-likeness (QED) is 0.108. The van der Waals surface area contributed by atoms with Crippen molar-refractivity contribution < 1.29 is 14.3 Å². The molecule has 0 saturated carbocycles. The van der Waals surface area contributed by atoms with Crippen LogP contribution in [0.25, 0.3) is 21.8 Å². The van der Waals surface area contributed by atoms with E-state index < -0.39 is 6.04 Å². The molecule has 11 nitrogen and oxygen atoms in total. The first-order chi connectivity index (χ1) is 24.1. The van der Waals surface area contributed by atoms with E-state index in [0.717, 1.165) is 50.1 Å². The first-order valence-electron chi connectivity index (χ1n) is 16.2. The number of hydrogen-bond donors (Lipinski definition) is 4. The number of para-hydroxylation sites is 2. The molecule has 7 rings (SSSR count). The van der Waals surface area contributed by atoms with Crippen molar-refractivity contribution in [2.75, 3.05) is 21.0 Å². The Morgan fingerprint density at radius 2 is 1.39 bits per heavy atom. The van der Waals surface area contributed by atoms with Gasteiger partial charge in [0.1, 0.15) is 11.4 Å². The van der Waals surface area contributed by atoms with Crippen LogP contribution in [-0.4, -0.2) is 56.6 Å². The van der Waals surface area contributed by atoms with E-state index >= 15 is 0 Å². The molecule has 0 aliphatic rings. The maximum Gasteiger partial charge on any atom is 0.270 e. The van der Waals surface area contributed by atoms with Gasteiger partial charge in [0.15, 0.2) is 11.6 Å². The van der Waals surface area contributed by atoms with Crippen LogP contribution in [0.5, 0.6) is 5.75 Å². The minimum atomic E-state index is -0.538. The highest BCUT2D eigenvalue weighted by atomic mass is 16.5. The van der Waals surface area contributed by atoms with Gasteiger partial charge >= 0.3 is 0 Å². The highest BCUT2D eigenvalue weighted by Crippen LogP contribution is 2.29. The van der Waals surface area contributed by atoms with E-state index in [1.54, 1.807) is 38.6 Å². The summed E-state index contributed by atoms with van der Waals surface area (Å²) in [5.41, 5.74) is 5.64. The van der Waals surface area contributed by atoms with Crippen LogP contribution in [0, 0.1) is 0 Å². The molecule has 0 radical (unpaired) electrons. The van der Waals surface area contributed by atoms with Gasteiger partial charge in [-0.15, -0.1) is 10.2 Å². The van der Waals surface area contributed by atoms with Crippen molar-refractivity contribution >= 4 is 27.7 Å². The molecule has 1 amide bonds. The minimum Gasteiger partial charge on any atom is -0.497 e. The van der Waals surface area contributed by atoms with Gasteiger partial charge in [-0.05, 0) is 59.5 Å². The number of rotatable bonds is 14. The van der Waals surface area contributed by atoms with E-state index in [0.29, 0.717) is 37.6 Å². The molecule has 0 fully saturated rings. The van der Waals surface area contributed by atoms with Gasteiger partial charge in [-0.3, -0.25) is 15.1 Å². The summed E-state index contributed by atoms with van der Waals surface area (Å²) in [5, 5.41) is 18.7. The van der Waals surface area contributed by atoms with Crippen LogP contribution in [-0.2, 0) is 24.1 Å². The number of nitrogens with zero attached hydrogens (tertiary/aromatic N) is 4. The number of ether oxygens (including phenoxy) is 2. The lowest BCUT2D eigenvalue weighted by molar-refractivity contribution is 0.0929. The number of methoxy groups -OCH3 is 2. The smallest absolute Gasteiger partial charge is 0.270 e. The van der Waals surface area contributed by atoms with Crippen molar-refractivity contribution in [3.63, 3.8) is 0 Å². The number of benzene rings is 3. The lowest BCUT2D eigenvalue weighted by atomic mass is 10.0. The molecule has 0 bridgehead atoms. The normalized spacial score (nSPS) is 12.7. The second kappa shape index (κ2) is 14.5. The molecule has 2 atom stereocenters. The number of carbonyl (C=O) groups excluding carboxylic acids is 1. The number of fused-ring (bicyclic) bond motifs is 2. The van der Waals surface area contributed by atoms with Crippen LogP contribution in [0.2, 0.25) is 0 Å². The van der Waals surface area contributed by atoms with E-state index in [1.807, 2.05) is 67.0 Å². The molecule has 3 aromatic carbocycles. The van der Waals surface area contributed by atoms with Crippen molar-refractivity contribution in [3.8, 4) is 5.75 Å². The summed E-state index contributed by atoms with van der Waals surface area (Å²) < 4.78 is 13.0. The van der Waals surface area contributed by atoms with Gasteiger partial charge in [-0.1, -0.05) is 54.6 Å². The number of hydrogen-bond acceptors (Lipinski definition) is 7. The number of aromatic amines is 2. The first-order valence-corrected chi connectivity index (χ1v) is 16.2. The van der Waals surface area contributed by atoms with Crippen molar-refractivity contribution in [1.29, 1.82) is 0 Å². The topological polar surface area (TPSA) is 135 Å². The van der Waals surface area contributed by atoms with Crippen LogP contribution >= 0.6 is 0 Å². The Morgan fingerprint density at radius 1 is 0.776 bits per heavy atom. The zero-order valence-corrected chi connectivity index (χ0v) is 27.4. The third-order valence-electron chi connectivity index (χ3n) is 8.81. The van der Waals surface area contributed by atoms with Crippen molar-refractivity contribution in [2.24, 2.45) is 0 Å². The molecule has 4 aromatic heterocycles. The average molecular weight is 655 g/mol. The Hall–Kier alpha value is -5.78. The van der Waals surface area contributed by atoms with Gasteiger partial charge in [-0.2, -0.15) is 0 Å². The fourth-order valence-corrected chi connectivity index (χ4v) is 6.33. The molecule has 1 unspecified atom stereocenters. The molecule has 11 heteroatoms. The van der Waals surface area contributed by atoms with E-state index in [9.17, 15) is 4.79 Å². The molecule has 0 saturated heterocycles. The summed E-state index contributed by atoms with van der Waals surface area (Å²) in [7, 11) is 3.31. The molecule has 49 heavy (non-hydrogen) atoms. The second-order valence-corrected chi connectivity index (χ2v) is 11.9. The molecule has 0 spiro atoms. The lowest BCUT2D eigenvalue weighted by Crippen LogP contribution is -2.33. The first kappa shape index (κ1) is 31.8. The molecule has 0 aliphatic heterocycles. The Kier molecular flexibility index (Phi) is 9.44. The van der Waals surface area contributed by atoms with E-state index in [4.69, 9.17) is 19.7 Å². The Balaban J connectivity index is 1.33. The third kappa shape index (κ3) is 6.94. The number of H-pyrrole nitrogens is 2. The van der Waals surface area contributed by atoms with Gasteiger partial charge in [0.2, 0.25) is 0 Å². The molecule has 4 N–H and O–H groups in total. The highest BCUT2D eigenvalue weighted by molar-refractivity contribution is 5.92. The van der Waals surface area contributed by atoms with Crippen molar-refractivity contribution in [2.45, 2.75) is 31.5 Å². The molecule has 7 aromatic rings. The number of nitrogens with one attached hydrogen (secondary N) is 4. The van der Waals surface area contributed by atoms with Gasteiger partial charge in [-0.25, -0.2) is 0 Å². The summed E-state index contributed by atoms with van der Waals surface area (Å²) in [6, 6.07) is 28.8. The standard InChI is InChI=1S/C38H38N8O3/c1-48-24-42-34(19-26-21-40-31-11-5-3-9-29(26)31)36-44-45-37(46(36)23-25-14-16-28(49-2)17-15-25)35(43-38(47)33-13-7-8-18-39-33)20-27-22-41-32-12-6-4-10-30(27)32/h3-18,21-22,34-35,40-42H,19-20,23-24H2,1-2H3,(H,43,47)/t34?,35-/m1/s1. The summed E-state index contributed by atoms with van der Waals surface area (Å²) in [4.78, 5) is 24.8. The van der Waals surface area contributed by atoms with E-state index in [2.05, 4.69) is 48.4 Å². The van der Waals surface area contributed by atoms with E-state index in [-0.39, 0.29) is 11.9 Å². The lowest BCUT2D eigenvalue weighted by Gasteiger charge is -2.23. The molecule has 4 heterocycles. The maximum atomic E-state index is 13.7. The van der Waals surface area contributed by atoms with Crippen molar-refractivity contribution in [1.82, 2.24) is 40.3 Å². The van der Waals surface area contributed by atoms with Crippen LogP contribution in [0.1, 0.15) is 50.9 Å². The summed E-state index contributed by atoms with van der Waals surface area (Å²) in [6.45, 7) is 0.775. The van der Waals surface area contributed by atoms with Crippen LogP contribution < -0.4 is 15.4 Å². The summed E-state index contributed by atoms with van der Waals surface area (Å²) in [6.07, 6.45) is 6.76. The Morgan fingerprint density at radius 3 is 2.00 bits per heavy atom. The average Bonchev–Trinajstić information content (AvgIpc) is 3.88. The third-order valence-corrected chi connectivity index (χ3v) is 8.81. The van der Waals surface area contributed by atoms with Gasteiger partial charge < -0.3 is 29.3 Å². The van der Waals surface area contributed by atoms with E-state index in [1.165, 1.54) is 0 Å². The fourth-order valence-electron chi connectivity index (χ4n) is 6.33. The number of carbonyl (C=O) groups is 1. The fraction of sp³-hybridized carbons (Fsp3) is 0.211. The summed E-state index contributed by atoms with van der Waals surface area (Å²) >= 11 is 0. The monoisotopic (exact) mass is 654 g/mol. The predicted molar refractivity (Wildman–Crippen MR) is 188 cm³/mol. The summed E-state index contributed by atoms with van der Waals surface area (Å²) in [5.74, 6) is 1.83. The number of aromatic nitrogens is 6. The molecule has 248 valence electrons. The van der Waals surface area contributed by atoms with Crippen LogP contribution in [0.4, 0.5) is 0 Å². The SMILES string of the molecule is COCNC(Cc1c[nH]c2ccccc12)c1nnc([C@@H](Cc2c[nH]c3ccccc23)NC(=O)c2ccccn2)n1Cc1ccc(OC)cc1. The highest BCUT2D eigenvalue weighted by Gasteiger charge is 2.29. The van der Waals surface area contributed by atoms with Gasteiger partial charge in [0, 0.05) is 53.9 Å².